The smallest absolute Gasteiger partial charge is 0.273 e. The normalized spacial score (nSPS) is 11.5. The molecule has 2 heterocycles. The van der Waals surface area contributed by atoms with Gasteiger partial charge in [0, 0.05) is 0 Å². The molecule has 1 aromatic carbocycles. The molecule has 21 heavy (non-hydrogen) atoms. The van der Waals surface area contributed by atoms with Gasteiger partial charge >= 0.3 is 0 Å². The Balaban J connectivity index is 1.99. The molecule has 1 N–H and O–H groups in total. The molecule has 0 aliphatic carbocycles. The van der Waals surface area contributed by atoms with E-state index in [0.29, 0.717) is 11.4 Å². The van der Waals surface area contributed by atoms with Crippen molar-refractivity contribution >= 4 is 38.6 Å². The SMILES string of the molecule is O=S(=O)(Nc1ccccc1-n1cnnn1)c1cnc(Cl)s1. The molecule has 0 fully saturated rings. The lowest BCUT2D eigenvalue weighted by atomic mass is 10.3. The molecule has 3 rings (SSSR count). The Kier molecular flexibility index (Phi) is 3.57. The first-order valence-electron chi connectivity index (χ1n) is 5.53. The minimum Gasteiger partial charge on any atom is -0.277 e. The summed E-state index contributed by atoms with van der Waals surface area (Å²) in [7, 11) is -3.77. The molecule has 0 bridgehead atoms. The van der Waals surface area contributed by atoms with E-state index in [2.05, 4.69) is 25.2 Å². The number of thiazole rings is 1. The number of nitrogens with zero attached hydrogens (tertiary/aromatic N) is 5. The van der Waals surface area contributed by atoms with Crippen LogP contribution in [-0.2, 0) is 10.0 Å². The molecular weight excluding hydrogens is 336 g/mol. The summed E-state index contributed by atoms with van der Waals surface area (Å²) in [6, 6.07) is 6.74. The minimum atomic E-state index is -3.77. The van der Waals surface area contributed by atoms with Crippen LogP contribution in [0.3, 0.4) is 0 Å². The molecule has 0 atom stereocenters. The van der Waals surface area contributed by atoms with Crippen LogP contribution in [0.5, 0.6) is 0 Å². The Bertz CT molecular complexity index is 861. The number of rotatable bonds is 4. The van der Waals surface area contributed by atoms with Crippen molar-refractivity contribution in [2.24, 2.45) is 0 Å². The van der Waals surface area contributed by atoms with E-state index in [0.717, 1.165) is 11.3 Å². The van der Waals surface area contributed by atoms with E-state index in [9.17, 15) is 8.42 Å². The van der Waals surface area contributed by atoms with Gasteiger partial charge in [-0.25, -0.2) is 13.4 Å². The molecule has 0 aliphatic heterocycles. The van der Waals surface area contributed by atoms with E-state index in [4.69, 9.17) is 11.6 Å². The van der Waals surface area contributed by atoms with Gasteiger partial charge in [-0.2, -0.15) is 4.68 Å². The maximum absolute atomic E-state index is 12.3. The number of hydrogen-bond acceptors (Lipinski definition) is 7. The number of nitrogens with one attached hydrogen (secondary N) is 1. The summed E-state index contributed by atoms with van der Waals surface area (Å²) in [4.78, 5) is 3.72. The van der Waals surface area contributed by atoms with E-state index in [1.807, 2.05) is 0 Å². The number of anilines is 1. The van der Waals surface area contributed by atoms with Gasteiger partial charge in [0.1, 0.15) is 6.33 Å². The number of halogens is 1. The molecule has 108 valence electrons. The third-order valence-corrected chi connectivity index (χ3v) is 5.41. The number of para-hydroxylation sites is 2. The standard InChI is InChI=1S/C10H7ClN6O2S2/c11-10-12-5-9(20-10)21(18,19)14-7-3-1-2-4-8(7)17-6-13-15-16-17/h1-6,14H. The zero-order valence-electron chi connectivity index (χ0n) is 10.2. The molecule has 11 heteroatoms. The first kappa shape index (κ1) is 13.9. The van der Waals surface area contributed by atoms with Gasteiger partial charge in [-0.1, -0.05) is 35.1 Å². The van der Waals surface area contributed by atoms with Crippen molar-refractivity contribution < 1.29 is 8.42 Å². The lowest BCUT2D eigenvalue weighted by Gasteiger charge is -2.10. The Labute approximate surface area is 128 Å². The van der Waals surface area contributed by atoms with E-state index in [1.54, 1.807) is 24.3 Å². The van der Waals surface area contributed by atoms with Gasteiger partial charge in [-0.05, 0) is 22.6 Å². The Morgan fingerprint density at radius 1 is 1.29 bits per heavy atom. The first-order valence-corrected chi connectivity index (χ1v) is 8.20. The van der Waals surface area contributed by atoms with Crippen LogP contribution in [0.15, 0.2) is 41.0 Å². The van der Waals surface area contributed by atoms with Crippen molar-refractivity contribution in [1.29, 1.82) is 0 Å². The Morgan fingerprint density at radius 3 is 2.76 bits per heavy atom. The molecule has 0 amide bonds. The largest absolute Gasteiger partial charge is 0.277 e. The maximum atomic E-state index is 12.3. The summed E-state index contributed by atoms with van der Waals surface area (Å²) in [5.41, 5.74) is 0.844. The fraction of sp³-hybridized carbons (Fsp3) is 0. The van der Waals surface area contributed by atoms with Crippen LogP contribution in [0.2, 0.25) is 4.47 Å². The molecule has 3 aromatic rings. The predicted molar refractivity (Wildman–Crippen MR) is 77.1 cm³/mol. The Hall–Kier alpha value is -2.04. The van der Waals surface area contributed by atoms with Crippen LogP contribution in [0, 0.1) is 0 Å². The van der Waals surface area contributed by atoms with E-state index in [-0.39, 0.29) is 8.68 Å². The van der Waals surface area contributed by atoms with Crippen LogP contribution in [0.4, 0.5) is 5.69 Å². The molecule has 0 spiro atoms. The lowest BCUT2D eigenvalue weighted by molar-refractivity contribution is 0.603. The molecule has 2 aromatic heterocycles. The minimum absolute atomic E-state index is 0.0269. The summed E-state index contributed by atoms with van der Waals surface area (Å²) in [5, 5.41) is 10.8. The number of aromatic nitrogens is 5. The van der Waals surface area contributed by atoms with Crippen LogP contribution in [-0.4, -0.2) is 33.6 Å². The van der Waals surface area contributed by atoms with E-state index < -0.39 is 10.0 Å². The van der Waals surface area contributed by atoms with Crippen molar-refractivity contribution in [3.8, 4) is 5.69 Å². The van der Waals surface area contributed by atoms with Crippen molar-refractivity contribution in [2.75, 3.05) is 4.72 Å². The predicted octanol–water partition coefficient (Wildman–Crippen LogP) is 1.57. The summed E-state index contributed by atoms with van der Waals surface area (Å²) >= 11 is 6.54. The summed E-state index contributed by atoms with van der Waals surface area (Å²) in [6.45, 7) is 0. The highest BCUT2D eigenvalue weighted by Crippen LogP contribution is 2.26. The first-order chi connectivity index (χ1) is 10.1. The van der Waals surface area contributed by atoms with Gasteiger partial charge in [0.2, 0.25) is 0 Å². The highest BCUT2D eigenvalue weighted by atomic mass is 35.5. The molecule has 8 nitrogen and oxygen atoms in total. The highest BCUT2D eigenvalue weighted by Gasteiger charge is 2.19. The lowest BCUT2D eigenvalue weighted by Crippen LogP contribution is -2.13. The topological polar surface area (TPSA) is 103 Å². The van der Waals surface area contributed by atoms with Crippen LogP contribution in [0.1, 0.15) is 0 Å². The van der Waals surface area contributed by atoms with Gasteiger partial charge in [-0.3, -0.25) is 4.72 Å². The van der Waals surface area contributed by atoms with Crippen molar-refractivity contribution in [1.82, 2.24) is 25.2 Å². The maximum Gasteiger partial charge on any atom is 0.273 e. The fourth-order valence-electron chi connectivity index (χ4n) is 1.59. The fourth-order valence-corrected chi connectivity index (χ4v) is 3.96. The number of hydrogen-bond donors (Lipinski definition) is 1. The van der Waals surface area contributed by atoms with E-state index >= 15 is 0 Å². The van der Waals surface area contributed by atoms with Crippen molar-refractivity contribution in [3.63, 3.8) is 0 Å². The highest BCUT2D eigenvalue weighted by molar-refractivity contribution is 7.94. The van der Waals surface area contributed by atoms with E-state index in [1.165, 1.54) is 17.2 Å². The summed E-state index contributed by atoms with van der Waals surface area (Å²) < 4.78 is 28.6. The van der Waals surface area contributed by atoms with Crippen LogP contribution < -0.4 is 4.72 Å². The van der Waals surface area contributed by atoms with Gasteiger partial charge in [-0.15, -0.1) is 5.10 Å². The average Bonchev–Trinajstić information content (AvgIpc) is 3.10. The average molecular weight is 343 g/mol. The van der Waals surface area contributed by atoms with Crippen molar-refractivity contribution in [3.05, 3.63) is 41.3 Å². The summed E-state index contributed by atoms with van der Waals surface area (Å²) in [5.74, 6) is 0. The van der Waals surface area contributed by atoms with Crippen molar-refractivity contribution in [2.45, 2.75) is 4.21 Å². The third-order valence-electron chi connectivity index (χ3n) is 2.47. The van der Waals surface area contributed by atoms with Gasteiger partial charge in [0.15, 0.2) is 8.68 Å². The van der Waals surface area contributed by atoms with Crippen LogP contribution >= 0.6 is 22.9 Å². The monoisotopic (exact) mass is 342 g/mol. The molecular formula is C10H7ClN6O2S2. The third kappa shape index (κ3) is 2.86. The molecule has 0 saturated heterocycles. The molecule has 0 saturated carbocycles. The second-order valence-electron chi connectivity index (χ2n) is 3.81. The zero-order chi connectivity index (χ0) is 14.9. The second kappa shape index (κ2) is 5.39. The quantitative estimate of drug-likeness (QED) is 0.772. The zero-order valence-corrected chi connectivity index (χ0v) is 12.6. The number of benzene rings is 1. The molecule has 0 unspecified atom stereocenters. The number of sulfonamides is 1. The van der Waals surface area contributed by atoms with Crippen LogP contribution in [0.25, 0.3) is 5.69 Å². The van der Waals surface area contributed by atoms with Gasteiger partial charge < -0.3 is 0 Å². The number of tetrazole rings is 1. The molecule has 0 radical (unpaired) electrons. The second-order valence-corrected chi connectivity index (χ2v) is 7.33. The Morgan fingerprint density at radius 2 is 2.10 bits per heavy atom. The molecule has 0 aliphatic rings. The van der Waals surface area contributed by atoms with Gasteiger partial charge in [0.25, 0.3) is 10.0 Å². The van der Waals surface area contributed by atoms with Gasteiger partial charge in [0.05, 0.1) is 17.6 Å². The summed E-state index contributed by atoms with van der Waals surface area (Å²) in [6.07, 6.45) is 2.58.